The summed E-state index contributed by atoms with van der Waals surface area (Å²) in [5, 5.41) is 0. The molecule has 0 N–H and O–H groups in total. The monoisotopic (exact) mass is 336 g/mol. The van der Waals surface area contributed by atoms with Crippen LogP contribution < -0.4 is 0 Å². The van der Waals surface area contributed by atoms with Crippen LogP contribution in [-0.4, -0.2) is 12.9 Å². The largest absolute Gasteiger partial charge is 0.353 e. The average molecular weight is 337 g/mol. The van der Waals surface area contributed by atoms with Crippen LogP contribution in [-0.2, 0) is 16.1 Å². The Morgan fingerprint density at radius 3 is 2.26 bits per heavy atom. The molecule has 0 amide bonds. The Labute approximate surface area is 125 Å². The quantitative estimate of drug-likeness (QED) is 0.657. The van der Waals surface area contributed by atoms with Crippen LogP contribution in [0.25, 0.3) is 0 Å². The minimum absolute atomic E-state index is 0.263. The number of halogens is 2. The second-order valence-corrected chi connectivity index (χ2v) is 3.92. The predicted molar refractivity (Wildman–Crippen MR) is 82.7 cm³/mol. The fourth-order valence-electron chi connectivity index (χ4n) is 1.14. The van der Waals surface area contributed by atoms with Gasteiger partial charge in [-0.25, -0.2) is 4.39 Å². The molecular formula is C15H26BrFO2. The van der Waals surface area contributed by atoms with Crippen LogP contribution >= 0.6 is 15.9 Å². The van der Waals surface area contributed by atoms with Gasteiger partial charge in [-0.05, 0) is 37.6 Å². The van der Waals surface area contributed by atoms with Gasteiger partial charge in [-0.3, -0.25) is 0 Å². The highest BCUT2D eigenvalue weighted by molar-refractivity contribution is 9.10. The molecule has 4 heteroatoms. The van der Waals surface area contributed by atoms with E-state index in [1.54, 1.807) is 6.07 Å². The second-order valence-electron chi connectivity index (χ2n) is 3.07. The fraction of sp³-hybridized carbons (Fsp3) is 0.600. The Kier molecular flexibility index (Phi) is 15.3. The summed E-state index contributed by atoms with van der Waals surface area (Å²) in [5.41, 5.74) is 0.779. The Morgan fingerprint density at radius 2 is 1.74 bits per heavy atom. The molecule has 112 valence electrons. The van der Waals surface area contributed by atoms with Gasteiger partial charge in [0.05, 0.1) is 6.61 Å². The van der Waals surface area contributed by atoms with E-state index in [0.29, 0.717) is 13.2 Å². The highest BCUT2D eigenvalue weighted by Crippen LogP contribution is 2.19. The van der Waals surface area contributed by atoms with Crippen molar-refractivity contribution >= 4 is 15.9 Å². The molecule has 1 atom stereocenters. The highest BCUT2D eigenvalue weighted by Gasteiger charge is 2.05. The van der Waals surface area contributed by atoms with Crippen LogP contribution in [0, 0.1) is 5.82 Å². The van der Waals surface area contributed by atoms with Crippen molar-refractivity contribution in [1.29, 1.82) is 0 Å². The lowest BCUT2D eigenvalue weighted by Gasteiger charge is -2.13. The van der Waals surface area contributed by atoms with Gasteiger partial charge in [0.15, 0.2) is 6.29 Å². The van der Waals surface area contributed by atoms with Gasteiger partial charge < -0.3 is 9.47 Å². The number of rotatable bonds is 5. The molecular weight excluding hydrogens is 311 g/mol. The van der Waals surface area contributed by atoms with Crippen LogP contribution in [0.2, 0.25) is 0 Å². The maximum Gasteiger partial charge on any atom is 0.155 e. The van der Waals surface area contributed by atoms with Gasteiger partial charge in [-0.1, -0.05) is 43.6 Å². The molecule has 0 saturated carbocycles. The molecule has 1 aromatic carbocycles. The van der Waals surface area contributed by atoms with Crippen LogP contribution in [0.3, 0.4) is 0 Å². The molecule has 0 heterocycles. The summed E-state index contributed by atoms with van der Waals surface area (Å²) >= 11 is 3.33. The van der Waals surface area contributed by atoms with Gasteiger partial charge in [0, 0.05) is 11.1 Å². The van der Waals surface area contributed by atoms with Crippen molar-refractivity contribution in [2.75, 3.05) is 6.61 Å². The summed E-state index contributed by atoms with van der Waals surface area (Å²) in [6, 6.07) is 4.52. The van der Waals surface area contributed by atoms with E-state index in [2.05, 4.69) is 15.9 Å². The van der Waals surface area contributed by atoms with E-state index < -0.39 is 0 Å². The summed E-state index contributed by atoms with van der Waals surface area (Å²) in [4.78, 5) is 0. The molecule has 0 saturated heterocycles. The lowest BCUT2D eigenvalue weighted by molar-refractivity contribution is -0.134. The van der Waals surface area contributed by atoms with Crippen molar-refractivity contribution in [2.24, 2.45) is 0 Å². The Bertz CT molecular complexity index is 319. The van der Waals surface area contributed by atoms with E-state index in [-0.39, 0.29) is 12.1 Å². The van der Waals surface area contributed by atoms with Crippen LogP contribution in [0.4, 0.5) is 4.39 Å². The van der Waals surface area contributed by atoms with Crippen molar-refractivity contribution in [3.05, 3.63) is 34.1 Å². The maximum absolute atomic E-state index is 12.9. The van der Waals surface area contributed by atoms with E-state index in [9.17, 15) is 4.39 Å². The average Bonchev–Trinajstić information content (AvgIpc) is 2.44. The van der Waals surface area contributed by atoms with Crippen molar-refractivity contribution < 1.29 is 13.9 Å². The van der Waals surface area contributed by atoms with Crippen LogP contribution in [0.15, 0.2) is 22.7 Å². The fourth-order valence-corrected chi connectivity index (χ4v) is 1.50. The molecule has 0 spiro atoms. The molecule has 0 radical (unpaired) electrons. The van der Waals surface area contributed by atoms with Crippen LogP contribution in [0.1, 0.15) is 47.1 Å². The van der Waals surface area contributed by atoms with Gasteiger partial charge in [-0.15, -0.1) is 0 Å². The molecule has 1 unspecified atom stereocenters. The van der Waals surface area contributed by atoms with Crippen molar-refractivity contribution in [2.45, 2.75) is 54.4 Å². The molecule has 1 rings (SSSR count). The summed E-state index contributed by atoms with van der Waals surface area (Å²) in [7, 11) is 0. The van der Waals surface area contributed by atoms with Crippen molar-refractivity contribution in [3.63, 3.8) is 0 Å². The molecule has 0 aliphatic carbocycles. The third-order valence-electron chi connectivity index (χ3n) is 1.88. The molecule has 0 aliphatic heterocycles. The van der Waals surface area contributed by atoms with Gasteiger partial charge in [-0.2, -0.15) is 0 Å². The molecule has 0 bridgehead atoms. The number of benzene rings is 1. The zero-order valence-corrected chi connectivity index (χ0v) is 14.4. The third kappa shape index (κ3) is 10.0. The Hall–Kier alpha value is -0.450. The van der Waals surface area contributed by atoms with Crippen molar-refractivity contribution in [3.8, 4) is 0 Å². The van der Waals surface area contributed by atoms with Gasteiger partial charge in [0.25, 0.3) is 0 Å². The second kappa shape index (κ2) is 14.0. The summed E-state index contributed by atoms with van der Waals surface area (Å²) in [6.07, 6.45) is -0.273. The molecule has 2 nitrogen and oxygen atoms in total. The molecule has 19 heavy (non-hydrogen) atoms. The summed E-state index contributed by atoms with van der Waals surface area (Å²) in [6.45, 7) is 12.7. The Morgan fingerprint density at radius 1 is 1.16 bits per heavy atom. The minimum Gasteiger partial charge on any atom is -0.353 e. The first-order chi connectivity index (χ1) is 9.13. The van der Waals surface area contributed by atoms with E-state index in [0.717, 1.165) is 10.0 Å². The van der Waals surface area contributed by atoms with Gasteiger partial charge in [0.1, 0.15) is 5.82 Å². The standard InChI is InChI=1S/C11H14BrFO2.2C2H6/c1-3-14-8(2)15-7-9-6-10(13)4-5-11(9)12;2*1-2/h4-6,8H,3,7H2,1-2H3;2*1-2H3. The topological polar surface area (TPSA) is 18.5 Å². The molecule has 0 aliphatic rings. The summed E-state index contributed by atoms with van der Waals surface area (Å²) in [5.74, 6) is -0.263. The Balaban J connectivity index is 0. The summed E-state index contributed by atoms with van der Waals surface area (Å²) < 4.78 is 24.3. The first-order valence-corrected chi connectivity index (χ1v) is 7.60. The lowest BCUT2D eigenvalue weighted by Crippen LogP contribution is -2.12. The smallest absolute Gasteiger partial charge is 0.155 e. The predicted octanol–water partition coefficient (Wildman–Crippen LogP) is 5.54. The third-order valence-corrected chi connectivity index (χ3v) is 2.66. The van der Waals surface area contributed by atoms with Crippen LogP contribution in [0.5, 0.6) is 0 Å². The van der Waals surface area contributed by atoms with Gasteiger partial charge in [0.2, 0.25) is 0 Å². The lowest BCUT2D eigenvalue weighted by atomic mass is 10.2. The maximum atomic E-state index is 12.9. The van der Waals surface area contributed by atoms with E-state index in [1.165, 1.54) is 12.1 Å². The van der Waals surface area contributed by atoms with E-state index in [4.69, 9.17) is 9.47 Å². The molecule has 0 fully saturated rings. The SMILES string of the molecule is CC.CC.CCOC(C)OCc1cc(F)ccc1Br. The number of hydrogen-bond acceptors (Lipinski definition) is 2. The number of hydrogen-bond donors (Lipinski definition) is 0. The minimum atomic E-state index is -0.273. The molecule has 0 aromatic heterocycles. The van der Waals surface area contributed by atoms with Gasteiger partial charge >= 0.3 is 0 Å². The number of ether oxygens (including phenoxy) is 2. The van der Waals surface area contributed by atoms with E-state index >= 15 is 0 Å². The normalized spacial score (nSPS) is 10.7. The first-order valence-electron chi connectivity index (χ1n) is 6.80. The van der Waals surface area contributed by atoms with Crippen molar-refractivity contribution in [1.82, 2.24) is 0 Å². The van der Waals surface area contributed by atoms with E-state index in [1.807, 2.05) is 41.5 Å². The highest BCUT2D eigenvalue weighted by atomic mass is 79.9. The molecule has 1 aromatic rings. The first kappa shape index (κ1) is 20.9. The zero-order valence-electron chi connectivity index (χ0n) is 12.8. The zero-order chi connectivity index (χ0) is 15.3.